The third-order valence-corrected chi connectivity index (χ3v) is 3.07. The van der Waals surface area contributed by atoms with Crippen LogP contribution in [0.5, 0.6) is 0 Å². The molecule has 0 spiro atoms. The molecule has 13 heavy (non-hydrogen) atoms. The van der Waals surface area contributed by atoms with Crippen LogP contribution in [0, 0.1) is 11.3 Å². The third-order valence-electron chi connectivity index (χ3n) is 3.07. The quantitative estimate of drug-likeness (QED) is 0.605. The Kier molecular flexibility index (Phi) is 1.98. The van der Waals surface area contributed by atoms with Gasteiger partial charge >= 0.3 is 5.97 Å². The standard InChI is InChI=1S/C11H14O2/c1-13-10(12)11(7-8-11)9-5-3-2-4-6-9/h2-5,9H,6-8H2,1H3. The summed E-state index contributed by atoms with van der Waals surface area (Å²) in [6.45, 7) is 0. The van der Waals surface area contributed by atoms with Gasteiger partial charge in [0.2, 0.25) is 0 Å². The lowest BCUT2D eigenvalue weighted by molar-refractivity contribution is -0.148. The lowest BCUT2D eigenvalue weighted by Gasteiger charge is -2.21. The van der Waals surface area contributed by atoms with Crippen molar-refractivity contribution >= 4 is 5.97 Å². The fraction of sp³-hybridized carbons (Fsp3) is 0.545. The van der Waals surface area contributed by atoms with Crippen molar-refractivity contribution in [3.8, 4) is 0 Å². The zero-order chi connectivity index (χ0) is 9.31. The fourth-order valence-corrected chi connectivity index (χ4v) is 2.05. The van der Waals surface area contributed by atoms with Crippen LogP contribution < -0.4 is 0 Å². The van der Waals surface area contributed by atoms with Crippen LogP contribution >= 0.6 is 0 Å². The number of hydrogen-bond donors (Lipinski definition) is 0. The Bertz CT molecular complexity index is 272. The van der Waals surface area contributed by atoms with Crippen LogP contribution in [-0.2, 0) is 9.53 Å². The van der Waals surface area contributed by atoms with Gasteiger partial charge in [-0.25, -0.2) is 0 Å². The first kappa shape index (κ1) is 8.54. The minimum atomic E-state index is -0.171. The molecule has 0 aliphatic heterocycles. The molecule has 0 heterocycles. The van der Waals surface area contributed by atoms with Crippen molar-refractivity contribution in [2.75, 3.05) is 7.11 Å². The van der Waals surface area contributed by atoms with Gasteiger partial charge in [-0.05, 0) is 25.2 Å². The van der Waals surface area contributed by atoms with Crippen molar-refractivity contribution in [1.82, 2.24) is 0 Å². The van der Waals surface area contributed by atoms with E-state index in [-0.39, 0.29) is 11.4 Å². The molecule has 2 heteroatoms. The summed E-state index contributed by atoms with van der Waals surface area (Å²) < 4.78 is 4.83. The van der Waals surface area contributed by atoms with Gasteiger partial charge in [0.05, 0.1) is 12.5 Å². The maximum Gasteiger partial charge on any atom is 0.312 e. The molecule has 2 rings (SSSR count). The van der Waals surface area contributed by atoms with Crippen molar-refractivity contribution in [3.63, 3.8) is 0 Å². The first-order valence-corrected chi connectivity index (χ1v) is 4.71. The molecule has 70 valence electrons. The summed E-state index contributed by atoms with van der Waals surface area (Å²) in [6, 6.07) is 0. The van der Waals surface area contributed by atoms with Gasteiger partial charge < -0.3 is 4.74 Å². The lowest BCUT2D eigenvalue weighted by atomic mass is 9.84. The Balaban J connectivity index is 2.11. The molecule has 1 unspecified atom stereocenters. The number of methoxy groups -OCH3 is 1. The molecule has 1 fully saturated rings. The zero-order valence-corrected chi connectivity index (χ0v) is 7.82. The van der Waals surface area contributed by atoms with E-state index in [1.165, 1.54) is 7.11 Å². The van der Waals surface area contributed by atoms with Gasteiger partial charge in [0.15, 0.2) is 0 Å². The first-order chi connectivity index (χ1) is 6.29. The van der Waals surface area contributed by atoms with Gasteiger partial charge in [-0.2, -0.15) is 0 Å². The van der Waals surface area contributed by atoms with E-state index in [1.807, 2.05) is 12.2 Å². The molecule has 0 aromatic rings. The molecule has 0 amide bonds. The number of carbonyl (C=O) groups excluding carboxylic acids is 1. The average Bonchev–Trinajstić information content (AvgIpc) is 2.99. The summed E-state index contributed by atoms with van der Waals surface area (Å²) in [5.74, 6) is 0.336. The second-order valence-electron chi connectivity index (χ2n) is 3.80. The summed E-state index contributed by atoms with van der Waals surface area (Å²) in [5.41, 5.74) is -0.171. The number of esters is 1. The van der Waals surface area contributed by atoms with E-state index in [9.17, 15) is 4.79 Å². The minimum Gasteiger partial charge on any atom is -0.469 e. The molecular formula is C11H14O2. The number of hydrogen-bond acceptors (Lipinski definition) is 2. The SMILES string of the molecule is COC(=O)C1(C2C=CC=CC2)CC1. The lowest BCUT2D eigenvalue weighted by Crippen LogP contribution is -2.25. The number of allylic oxidation sites excluding steroid dienone is 4. The van der Waals surface area contributed by atoms with Gasteiger partial charge in [0.1, 0.15) is 0 Å². The van der Waals surface area contributed by atoms with Crippen LogP contribution in [0.1, 0.15) is 19.3 Å². The number of rotatable bonds is 2. The van der Waals surface area contributed by atoms with E-state index in [0.29, 0.717) is 5.92 Å². The molecule has 0 bridgehead atoms. The summed E-state index contributed by atoms with van der Waals surface area (Å²) in [6.07, 6.45) is 11.3. The van der Waals surface area contributed by atoms with Gasteiger partial charge in [-0.1, -0.05) is 24.3 Å². The smallest absolute Gasteiger partial charge is 0.312 e. The van der Waals surface area contributed by atoms with Crippen LogP contribution in [0.4, 0.5) is 0 Å². The van der Waals surface area contributed by atoms with E-state index in [4.69, 9.17) is 4.74 Å². The first-order valence-electron chi connectivity index (χ1n) is 4.71. The van der Waals surface area contributed by atoms with E-state index in [2.05, 4.69) is 12.2 Å². The average molecular weight is 178 g/mol. The molecular weight excluding hydrogens is 164 g/mol. The normalized spacial score (nSPS) is 28.5. The topological polar surface area (TPSA) is 26.3 Å². The molecule has 0 N–H and O–H groups in total. The highest BCUT2D eigenvalue weighted by Gasteiger charge is 2.55. The Morgan fingerprint density at radius 2 is 2.23 bits per heavy atom. The largest absolute Gasteiger partial charge is 0.469 e. The molecule has 1 saturated carbocycles. The van der Waals surface area contributed by atoms with Crippen molar-refractivity contribution in [3.05, 3.63) is 24.3 Å². The summed E-state index contributed by atoms with van der Waals surface area (Å²) in [5, 5.41) is 0. The van der Waals surface area contributed by atoms with E-state index >= 15 is 0 Å². The van der Waals surface area contributed by atoms with Crippen molar-refractivity contribution in [1.29, 1.82) is 0 Å². The molecule has 0 saturated heterocycles. The molecule has 2 aliphatic carbocycles. The van der Waals surface area contributed by atoms with E-state index < -0.39 is 0 Å². The van der Waals surface area contributed by atoms with Gasteiger partial charge in [-0.3, -0.25) is 4.79 Å². The third kappa shape index (κ3) is 1.30. The van der Waals surface area contributed by atoms with E-state index in [0.717, 1.165) is 19.3 Å². The fourth-order valence-electron chi connectivity index (χ4n) is 2.05. The highest BCUT2D eigenvalue weighted by molar-refractivity contribution is 5.80. The predicted octanol–water partition coefficient (Wildman–Crippen LogP) is 2.07. The van der Waals surface area contributed by atoms with Crippen molar-refractivity contribution in [2.45, 2.75) is 19.3 Å². The van der Waals surface area contributed by atoms with Gasteiger partial charge in [-0.15, -0.1) is 0 Å². The number of carbonyl (C=O) groups is 1. The van der Waals surface area contributed by atoms with Crippen LogP contribution in [0.15, 0.2) is 24.3 Å². The zero-order valence-electron chi connectivity index (χ0n) is 7.82. The van der Waals surface area contributed by atoms with Crippen LogP contribution in [0.3, 0.4) is 0 Å². The maximum absolute atomic E-state index is 11.5. The number of ether oxygens (including phenoxy) is 1. The predicted molar refractivity (Wildman–Crippen MR) is 50.1 cm³/mol. The van der Waals surface area contributed by atoms with E-state index in [1.54, 1.807) is 0 Å². The highest BCUT2D eigenvalue weighted by atomic mass is 16.5. The van der Waals surface area contributed by atoms with Gasteiger partial charge in [0.25, 0.3) is 0 Å². The van der Waals surface area contributed by atoms with Gasteiger partial charge in [0, 0.05) is 0 Å². The highest BCUT2D eigenvalue weighted by Crippen LogP contribution is 2.55. The molecule has 0 aromatic carbocycles. The maximum atomic E-state index is 11.5. The van der Waals surface area contributed by atoms with Crippen LogP contribution in [-0.4, -0.2) is 13.1 Å². The monoisotopic (exact) mass is 178 g/mol. The Morgan fingerprint density at radius 1 is 1.46 bits per heavy atom. The minimum absolute atomic E-state index is 0.0301. The second-order valence-corrected chi connectivity index (χ2v) is 3.80. The summed E-state index contributed by atoms with van der Waals surface area (Å²) in [4.78, 5) is 11.5. The summed E-state index contributed by atoms with van der Waals surface area (Å²) in [7, 11) is 1.48. The second kappa shape index (κ2) is 3.02. The van der Waals surface area contributed by atoms with Crippen LogP contribution in [0.25, 0.3) is 0 Å². The Hall–Kier alpha value is -1.05. The molecule has 0 radical (unpaired) electrons. The molecule has 1 atom stereocenters. The van der Waals surface area contributed by atoms with Crippen molar-refractivity contribution < 1.29 is 9.53 Å². The van der Waals surface area contributed by atoms with Crippen molar-refractivity contribution in [2.24, 2.45) is 11.3 Å². The Morgan fingerprint density at radius 3 is 2.69 bits per heavy atom. The summed E-state index contributed by atoms with van der Waals surface area (Å²) >= 11 is 0. The van der Waals surface area contributed by atoms with Crippen LogP contribution in [0.2, 0.25) is 0 Å². The molecule has 0 aromatic heterocycles. The Labute approximate surface area is 78.3 Å². The molecule has 2 nitrogen and oxygen atoms in total. The molecule has 2 aliphatic rings.